The van der Waals surface area contributed by atoms with E-state index in [-0.39, 0.29) is 10.8 Å². The molecule has 0 atom stereocenters. The number of aliphatic imine (C=N–C) groups is 1. The second-order valence-corrected chi connectivity index (χ2v) is 13.9. The fourth-order valence-electron chi connectivity index (χ4n) is 7.30. The lowest BCUT2D eigenvalue weighted by molar-refractivity contribution is 0.277. The van der Waals surface area contributed by atoms with Gasteiger partial charge in [-0.05, 0) is 97.9 Å². The highest BCUT2D eigenvalue weighted by Gasteiger charge is 2.39. The van der Waals surface area contributed by atoms with Crippen molar-refractivity contribution in [2.75, 3.05) is 72.6 Å². The van der Waals surface area contributed by atoms with Gasteiger partial charge in [0, 0.05) is 87.1 Å². The third-order valence-corrected chi connectivity index (χ3v) is 9.99. The lowest BCUT2D eigenvalue weighted by atomic mass is 9.79. The van der Waals surface area contributed by atoms with Gasteiger partial charge in [-0.1, -0.05) is 52.0 Å². The summed E-state index contributed by atoms with van der Waals surface area (Å²) in [7, 11) is 6.73. The lowest BCUT2D eigenvalue weighted by Crippen LogP contribution is -2.43. The van der Waals surface area contributed by atoms with Gasteiger partial charge in [0.25, 0.3) is 0 Å². The molecule has 1 saturated heterocycles. The Morgan fingerprint density at radius 1 is 0.939 bits per heavy atom. The van der Waals surface area contributed by atoms with E-state index in [0.29, 0.717) is 0 Å². The summed E-state index contributed by atoms with van der Waals surface area (Å²) in [6, 6.07) is 14.9. The van der Waals surface area contributed by atoms with Crippen molar-refractivity contribution in [1.82, 2.24) is 10.2 Å². The first kappa shape index (κ1) is 38.0. The van der Waals surface area contributed by atoms with Crippen molar-refractivity contribution in [1.29, 1.82) is 0 Å². The molecule has 1 fully saturated rings. The number of allylic oxidation sites excluding steroid dienone is 7. The number of rotatable bonds is 10. The minimum Gasteiger partial charge on any atom is -0.497 e. The number of benzene rings is 2. The predicted octanol–water partition coefficient (Wildman–Crippen LogP) is 8.23. The monoisotopic (exact) mass is 668 g/mol. The van der Waals surface area contributed by atoms with E-state index in [2.05, 4.69) is 122 Å². The Morgan fingerprint density at radius 2 is 1.63 bits per heavy atom. The Bertz CT molecular complexity index is 1570. The van der Waals surface area contributed by atoms with Gasteiger partial charge in [0.15, 0.2) is 0 Å². The molecular formula is C42H60N4O3. The van der Waals surface area contributed by atoms with Crippen molar-refractivity contribution in [2.45, 2.75) is 71.6 Å². The Balaban J connectivity index is 0.00000174. The van der Waals surface area contributed by atoms with Crippen LogP contribution in [0.2, 0.25) is 0 Å². The summed E-state index contributed by atoms with van der Waals surface area (Å²) in [6.45, 7) is 19.3. The molecule has 0 radical (unpaired) electrons. The Kier molecular flexibility index (Phi) is 13.4. The summed E-state index contributed by atoms with van der Waals surface area (Å²) in [5, 5.41) is 3.56. The fraction of sp³-hybridized carbons (Fsp3) is 0.500. The van der Waals surface area contributed by atoms with E-state index in [4.69, 9.17) is 14.5 Å². The summed E-state index contributed by atoms with van der Waals surface area (Å²) in [6.07, 6.45) is 12.8. The van der Waals surface area contributed by atoms with Crippen LogP contribution >= 0.6 is 0 Å². The highest BCUT2D eigenvalue weighted by atomic mass is 16.5. The van der Waals surface area contributed by atoms with Gasteiger partial charge in [0.05, 0.1) is 14.2 Å². The maximum Gasteiger partial charge on any atom is 0.119 e. The molecule has 2 heterocycles. The van der Waals surface area contributed by atoms with Crippen molar-refractivity contribution in [3.8, 4) is 11.5 Å². The molecule has 1 N–H and O–H groups in total. The van der Waals surface area contributed by atoms with Crippen LogP contribution in [-0.4, -0.2) is 78.3 Å². The molecule has 266 valence electrons. The largest absolute Gasteiger partial charge is 0.497 e. The topological polar surface area (TPSA) is 58.6 Å². The number of methoxy groups -OCH3 is 3. The second kappa shape index (κ2) is 17.2. The van der Waals surface area contributed by atoms with Crippen LogP contribution in [0.1, 0.15) is 71.9 Å². The maximum absolute atomic E-state index is 5.61. The number of ether oxygens (including phenoxy) is 3. The number of nitrogens with zero attached hydrogens (tertiary/aromatic N) is 3. The molecule has 3 aliphatic rings. The minimum atomic E-state index is -0.260. The molecule has 0 saturated carbocycles. The molecule has 0 bridgehead atoms. The average molecular weight is 669 g/mol. The Hall–Kier alpha value is -3.81. The van der Waals surface area contributed by atoms with Gasteiger partial charge in [-0.3, -0.25) is 4.99 Å². The number of fused-ring (bicyclic) bond motifs is 1. The summed E-state index contributed by atoms with van der Waals surface area (Å²) in [4.78, 5) is 10.1. The second-order valence-electron chi connectivity index (χ2n) is 13.9. The fourth-order valence-corrected chi connectivity index (χ4v) is 7.30. The first-order valence-corrected chi connectivity index (χ1v) is 17.9. The highest BCUT2D eigenvalue weighted by molar-refractivity contribution is 6.03. The third-order valence-electron chi connectivity index (χ3n) is 9.99. The zero-order chi connectivity index (χ0) is 35.6. The number of nitrogens with one attached hydrogen (secondary N) is 1. The zero-order valence-electron chi connectivity index (χ0n) is 31.8. The van der Waals surface area contributed by atoms with Crippen molar-refractivity contribution in [3.63, 3.8) is 0 Å². The summed E-state index contributed by atoms with van der Waals surface area (Å²) in [5.41, 5.74) is 10.1. The van der Waals surface area contributed by atoms with Crippen LogP contribution in [0.15, 0.2) is 94.3 Å². The van der Waals surface area contributed by atoms with Gasteiger partial charge in [-0.25, -0.2) is 0 Å². The quantitative estimate of drug-likeness (QED) is 0.258. The number of hydrogen-bond acceptors (Lipinski definition) is 7. The van der Waals surface area contributed by atoms with Crippen LogP contribution in [0.5, 0.6) is 11.5 Å². The Morgan fingerprint density at radius 3 is 2.29 bits per heavy atom. The molecule has 0 aromatic heterocycles. The Labute approximate surface area is 296 Å². The van der Waals surface area contributed by atoms with E-state index < -0.39 is 0 Å². The molecule has 2 aromatic carbocycles. The van der Waals surface area contributed by atoms with Crippen LogP contribution in [0, 0.1) is 0 Å². The average Bonchev–Trinajstić information content (AvgIpc) is 3.33. The first-order chi connectivity index (χ1) is 23.6. The molecular weight excluding hydrogens is 608 g/mol. The van der Waals surface area contributed by atoms with Gasteiger partial charge in [-0.2, -0.15) is 0 Å². The van der Waals surface area contributed by atoms with Crippen LogP contribution in [0.25, 0.3) is 0 Å². The van der Waals surface area contributed by atoms with Crippen molar-refractivity contribution in [3.05, 3.63) is 100 Å². The predicted molar refractivity (Wildman–Crippen MR) is 207 cm³/mol. The number of hydrogen-bond donors (Lipinski definition) is 1. The van der Waals surface area contributed by atoms with Crippen molar-refractivity contribution < 1.29 is 14.2 Å². The zero-order valence-corrected chi connectivity index (χ0v) is 31.8. The van der Waals surface area contributed by atoms with Gasteiger partial charge >= 0.3 is 0 Å². The van der Waals surface area contributed by atoms with Crippen LogP contribution in [0.3, 0.4) is 0 Å². The molecule has 0 unspecified atom stereocenters. The van der Waals surface area contributed by atoms with E-state index in [0.717, 1.165) is 75.7 Å². The molecule has 1 aliphatic carbocycles. The first-order valence-electron chi connectivity index (χ1n) is 17.9. The van der Waals surface area contributed by atoms with Gasteiger partial charge in [-0.15, -0.1) is 0 Å². The summed E-state index contributed by atoms with van der Waals surface area (Å²) in [5.74, 6) is 1.79. The number of anilines is 1. The van der Waals surface area contributed by atoms with Gasteiger partial charge in [0.1, 0.15) is 11.5 Å². The standard InChI is InChI=1S/C40H54N4O2.C2H6O/c1-9-42-36(39(3,4)31-15-12-16-32(27-31)45-7)21-17-29-13-11-14-30(38(29)43-25-23-41-24-26-43)18-22-37-40(5,6)34-28-33(46-8)19-20-35(34)44(37)10-2;1-3-2/h12,15-22,27-28,41H,9-11,13-14,23-26H2,1-8H3;1-2H3/b21-17+,30-18+,37-22+,42-36?;. The third kappa shape index (κ3) is 8.50. The SMILES string of the molecule is CCN=C(/C=C/C1=C(N2CCNCC2)C(=C/C=C2/N(CC)c3ccc(OC)cc3C2(C)C)/CCC1)C(C)(C)c1cccc(OC)c1.COC. The smallest absolute Gasteiger partial charge is 0.119 e. The maximum atomic E-state index is 5.61. The molecule has 0 spiro atoms. The summed E-state index contributed by atoms with van der Waals surface area (Å²) >= 11 is 0. The van der Waals surface area contributed by atoms with E-state index in [1.54, 1.807) is 28.4 Å². The molecule has 2 aliphatic heterocycles. The lowest BCUT2D eigenvalue weighted by Gasteiger charge is -2.36. The molecule has 5 rings (SSSR count). The molecule has 49 heavy (non-hydrogen) atoms. The van der Waals surface area contributed by atoms with Gasteiger partial charge in [0.2, 0.25) is 0 Å². The van der Waals surface area contributed by atoms with Crippen LogP contribution < -0.4 is 19.7 Å². The summed E-state index contributed by atoms with van der Waals surface area (Å²) < 4.78 is 15.4. The number of likely N-dealkylation sites (N-methyl/N-ethyl adjacent to an activating group) is 1. The normalized spacial score (nSPS) is 19.8. The van der Waals surface area contributed by atoms with E-state index in [1.165, 1.54) is 39.4 Å². The number of piperazine rings is 1. The van der Waals surface area contributed by atoms with E-state index in [9.17, 15) is 0 Å². The van der Waals surface area contributed by atoms with Gasteiger partial charge < -0.3 is 29.3 Å². The molecule has 0 amide bonds. The minimum absolute atomic E-state index is 0.121. The van der Waals surface area contributed by atoms with E-state index >= 15 is 0 Å². The van der Waals surface area contributed by atoms with Crippen LogP contribution in [-0.2, 0) is 15.6 Å². The van der Waals surface area contributed by atoms with Crippen molar-refractivity contribution in [2.24, 2.45) is 4.99 Å². The molecule has 7 nitrogen and oxygen atoms in total. The van der Waals surface area contributed by atoms with Crippen LogP contribution in [0.4, 0.5) is 5.69 Å². The molecule has 2 aromatic rings. The van der Waals surface area contributed by atoms with E-state index in [1.807, 2.05) is 6.07 Å². The molecule has 7 heteroatoms. The highest BCUT2D eigenvalue weighted by Crippen LogP contribution is 2.49. The van der Waals surface area contributed by atoms with Crippen molar-refractivity contribution >= 4 is 11.4 Å².